The molecule has 1 aromatic rings. The van der Waals surface area contributed by atoms with Crippen molar-refractivity contribution in [3.63, 3.8) is 0 Å². The van der Waals surface area contributed by atoms with Gasteiger partial charge >= 0.3 is 0 Å². The highest BCUT2D eigenvalue weighted by Crippen LogP contribution is 2.39. The van der Waals surface area contributed by atoms with Crippen molar-refractivity contribution in [3.8, 4) is 5.75 Å². The first kappa shape index (κ1) is 12.2. The topological polar surface area (TPSA) is 21.3 Å². The highest BCUT2D eigenvalue weighted by atomic mass is 79.9. The van der Waals surface area contributed by atoms with Crippen LogP contribution in [0.15, 0.2) is 16.6 Å². The summed E-state index contributed by atoms with van der Waals surface area (Å²) >= 11 is 9.67. The molecule has 0 radical (unpaired) electrons. The molecule has 2 rings (SSSR count). The molecular weight excluding hydrogens is 289 g/mol. The van der Waals surface area contributed by atoms with Gasteiger partial charge in [0.05, 0.1) is 12.1 Å². The van der Waals surface area contributed by atoms with E-state index in [1.165, 1.54) is 5.56 Å². The standard InChI is InChI=1S/C12H15BrClNO/c1-16-12-10(6-9(13)7-11(12)14)8-2-4-15-5-3-8/h6-8,15H,2-5H2,1H3. The Bertz CT molecular complexity index is 378. The van der Waals surface area contributed by atoms with Crippen molar-refractivity contribution in [2.24, 2.45) is 0 Å². The average Bonchev–Trinajstić information content (AvgIpc) is 2.29. The molecule has 0 aliphatic carbocycles. The van der Waals surface area contributed by atoms with Gasteiger partial charge in [-0.1, -0.05) is 27.5 Å². The van der Waals surface area contributed by atoms with Crippen LogP contribution in [0.3, 0.4) is 0 Å². The molecular formula is C12H15BrClNO. The molecule has 1 fully saturated rings. The lowest BCUT2D eigenvalue weighted by Crippen LogP contribution is -2.26. The van der Waals surface area contributed by atoms with Gasteiger partial charge in [-0.15, -0.1) is 0 Å². The van der Waals surface area contributed by atoms with Gasteiger partial charge in [-0.05, 0) is 49.5 Å². The summed E-state index contributed by atoms with van der Waals surface area (Å²) in [4.78, 5) is 0. The van der Waals surface area contributed by atoms with Crippen molar-refractivity contribution >= 4 is 27.5 Å². The van der Waals surface area contributed by atoms with Crippen molar-refractivity contribution < 1.29 is 4.74 Å². The van der Waals surface area contributed by atoms with Crippen LogP contribution < -0.4 is 10.1 Å². The minimum Gasteiger partial charge on any atom is -0.495 e. The Hall–Kier alpha value is -0.250. The van der Waals surface area contributed by atoms with Crippen LogP contribution in [0.4, 0.5) is 0 Å². The fraction of sp³-hybridized carbons (Fsp3) is 0.500. The molecule has 4 heteroatoms. The van der Waals surface area contributed by atoms with Gasteiger partial charge in [-0.25, -0.2) is 0 Å². The van der Waals surface area contributed by atoms with E-state index in [9.17, 15) is 0 Å². The number of nitrogens with one attached hydrogen (secondary N) is 1. The zero-order valence-electron chi connectivity index (χ0n) is 9.22. The van der Waals surface area contributed by atoms with Crippen LogP contribution in [0, 0.1) is 0 Å². The number of hydrogen-bond acceptors (Lipinski definition) is 2. The molecule has 1 saturated heterocycles. The highest BCUT2D eigenvalue weighted by molar-refractivity contribution is 9.10. The first-order valence-electron chi connectivity index (χ1n) is 5.46. The largest absolute Gasteiger partial charge is 0.495 e. The van der Waals surface area contributed by atoms with Gasteiger partial charge in [-0.2, -0.15) is 0 Å². The Morgan fingerprint density at radius 2 is 2.06 bits per heavy atom. The zero-order chi connectivity index (χ0) is 11.5. The third-order valence-electron chi connectivity index (χ3n) is 3.02. The van der Waals surface area contributed by atoms with E-state index in [1.807, 2.05) is 6.07 Å². The molecule has 0 spiro atoms. The molecule has 1 aliphatic rings. The lowest BCUT2D eigenvalue weighted by molar-refractivity contribution is 0.391. The second kappa shape index (κ2) is 5.39. The Balaban J connectivity index is 2.36. The lowest BCUT2D eigenvalue weighted by atomic mass is 9.89. The predicted molar refractivity (Wildman–Crippen MR) is 70.5 cm³/mol. The van der Waals surface area contributed by atoms with Gasteiger partial charge in [0.15, 0.2) is 0 Å². The summed E-state index contributed by atoms with van der Waals surface area (Å²) in [6.45, 7) is 2.13. The van der Waals surface area contributed by atoms with E-state index < -0.39 is 0 Å². The van der Waals surface area contributed by atoms with E-state index in [0.717, 1.165) is 36.2 Å². The highest BCUT2D eigenvalue weighted by Gasteiger charge is 2.21. The summed E-state index contributed by atoms with van der Waals surface area (Å²) in [5.74, 6) is 1.38. The minimum absolute atomic E-state index is 0.547. The zero-order valence-corrected chi connectivity index (χ0v) is 11.6. The molecule has 0 atom stereocenters. The molecule has 0 saturated carbocycles. The third kappa shape index (κ3) is 2.53. The molecule has 1 N–H and O–H groups in total. The molecule has 1 aliphatic heterocycles. The van der Waals surface area contributed by atoms with Crippen molar-refractivity contribution in [1.29, 1.82) is 0 Å². The SMILES string of the molecule is COc1c(Cl)cc(Br)cc1C1CCNCC1. The Morgan fingerprint density at radius 1 is 1.38 bits per heavy atom. The Kier molecular flexibility index (Phi) is 4.11. The van der Waals surface area contributed by atoms with E-state index in [-0.39, 0.29) is 0 Å². The van der Waals surface area contributed by atoms with Crippen LogP contribution in [0.25, 0.3) is 0 Å². The lowest BCUT2D eigenvalue weighted by Gasteiger charge is -2.25. The van der Waals surface area contributed by atoms with Gasteiger partial charge in [0, 0.05) is 4.47 Å². The van der Waals surface area contributed by atoms with E-state index in [4.69, 9.17) is 16.3 Å². The number of methoxy groups -OCH3 is 1. The van der Waals surface area contributed by atoms with Gasteiger partial charge in [0.25, 0.3) is 0 Å². The smallest absolute Gasteiger partial charge is 0.140 e. The first-order chi connectivity index (χ1) is 7.72. The maximum Gasteiger partial charge on any atom is 0.140 e. The quantitative estimate of drug-likeness (QED) is 0.902. The van der Waals surface area contributed by atoms with E-state index >= 15 is 0 Å². The number of hydrogen-bond donors (Lipinski definition) is 1. The molecule has 2 nitrogen and oxygen atoms in total. The van der Waals surface area contributed by atoms with Gasteiger partial charge in [-0.3, -0.25) is 0 Å². The van der Waals surface area contributed by atoms with Crippen LogP contribution in [0.5, 0.6) is 5.75 Å². The monoisotopic (exact) mass is 303 g/mol. The Morgan fingerprint density at radius 3 is 2.69 bits per heavy atom. The molecule has 1 aromatic carbocycles. The summed E-state index contributed by atoms with van der Waals surface area (Å²) < 4.78 is 6.43. The maximum absolute atomic E-state index is 6.18. The second-order valence-electron chi connectivity index (χ2n) is 4.03. The van der Waals surface area contributed by atoms with Gasteiger partial charge < -0.3 is 10.1 Å². The van der Waals surface area contributed by atoms with E-state index in [1.54, 1.807) is 7.11 Å². The van der Waals surface area contributed by atoms with Crippen molar-refractivity contribution in [1.82, 2.24) is 5.32 Å². The molecule has 16 heavy (non-hydrogen) atoms. The van der Waals surface area contributed by atoms with Crippen LogP contribution in [-0.2, 0) is 0 Å². The molecule has 0 amide bonds. The fourth-order valence-corrected chi connectivity index (χ4v) is 3.14. The van der Waals surface area contributed by atoms with E-state index in [2.05, 4.69) is 27.3 Å². The Labute approximate surface area is 109 Å². The van der Waals surface area contributed by atoms with Gasteiger partial charge in [0.2, 0.25) is 0 Å². The van der Waals surface area contributed by atoms with Crippen LogP contribution in [0.1, 0.15) is 24.3 Å². The summed E-state index contributed by atoms with van der Waals surface area (Å²) in [6, 6.07) is 4.01. The van der Waals surface area contributed by atoms with Crippen molar-refractivity contribution in [3.05, 3.63) is 27.2 Å². The minimum atomic E-state index is 0.547. The molecule has 88 valence electrons. The molecule has 1 heterocycles. The van der Waals surface area contributed by atoms with Gasteiger partial charge in [0.1, 0.15) is 5.75 Å². The average molecular weight is 305 g/mol. The number of piperidine rings is 1. The molecule has 0 bridgehead atoms. The number of halogens is 2. The fourth-order valence-electron chi connectivity index (χ4n) is 2.23. The maximum atomic E-state index is 6.18. The molecule has 0 aromatic heterocycles. The van der Waals surface area contributed by atoms with Crippen molar-refractivity contribution in [2.45, 2.75) is 18.8 Å². The third-order valence-corrected chi connectivity index (χ3v) is 3.76. The second-order valence-corrected chi connectivity index (χ2v) is 5.36. The van der Waals surface area contributed by atoms with Crippen LogP contribution >= 0.6 is 27.5 Å². The number of ether oxygens (including phenoxy) is 1. The summed E-state index contributed by atoms with van der Waals surface area (Å²) in [5, 5.41) is 4.05. The molecule has 0 unspecified atom stereocenters. The number of benzene rings is 1. The number of rotatable bonds is 2. The van der Waals surface area contributed by atoms with Crippen LogP contribution in [0.2, 0.25) is 5.02 Å². The summed E-state index contributed by atoms with van der Waals surface area (Å²) in [5.41, 5.74) is 1.23. The predicted octanol–water partition coefficient (Wildman–Crippen LogP) is 3.58. The summed E-state index contributed by atoms with van der Waals surface area (Å²) in [6.07, 6.45) is 2.28. The summed E-state index contributed by atoms with van der Waals surface area (Å²) in [7, 11) is 1.68. The van der Waals surface area contributed by atoms with E-state index in [0.29, 0.717) is 10.9 Å². The first-order valence-corrected chi connectivity index (χ1v) is 6.63. The van der Waals surface area contributed by atoms with Crippen LogP contribution in [-0.4, -0.2) is 20.2 Å². The van der Waals surface area contributed by atoms with Crippen molar-refractivity contribution in [2.75, 3.05) is 20.2 Å². The normalized spacial score (nSPS) is 17.4.